The first kappa shape index (κ1) is 10.9. The molecule has 0 spiro atoms. The molecule has 0 amide bonds. The fourth-order valence-corrected chi connectivity index (χ4v) is 2.56. The molecule has 0 saturated carbocycles. The molecule has 3 N–H and O–H groups in total. The van der Waals surface area contributed by atoms with Crippen molar-refractivity contribution in [3.8, 4) is 6.01 Å². The molecule has 2 aliphatic heterocycles. The number of aromatic nitrogens is 4. The second kappa shape index (κ2) is 3.53. The highest BCUT2D eigenvalue weighted by atomic mass is 16.6. The van der Waals surface area contributed by atoms with Crippen LogP contribution >= 0.6 is 0 Å². The van der Waals surface area contributed by atoms with E-state index in [9.17, 15) is 9.90 Å². The van der Waals surface area contributed by atoms with Gasteiger partial charge in [0.2, 0.25) is 0 Å². The fraction of sp³-hybridized carbons (Fsp3) is 0.500. The number of nitrogens with one attached hydrogen (secondary N) is 1. The van der Waals surface area contributed by atoms with E-state index < -0.39 is 30.1 Å². The fourth-order valence-electron chi connectivity index (χ4n) is 2.56. The predicted molar refractivity (Wildman–Crippen MR) is 59.6 cm³/mol. The van der Waals surface area contributed by atoms with Crippen molar-refractivity contribution in [3.05, 3.63) is 16.6 Å². The van der Waals surface area contributed by atoms with E-state index in [4.69, 9.17) is 14.6 Å². The average molecular weight is 266 g/mol. The monoisotopic (exact) mass is 266 g/mol. The number of fused-ring (bicyclic) bond motifs is 5. The molecule has 0 unspecified atom stereocenters. The van der Waals surface area contributed by atoms with Crippen molar-refractivity contribution in [1.82, 2.24) is 19.7 Å². The van der Waals surface area contributed by atoms with Gasteiger partial charge in [0.1, 0.15) is 23.2 Å². The number of nitrogens with zero attached hydrogens (tertiary/aromatic N) is 3. The van der Waals surface area contributed by atoms with Crippen LogP contribution in [0.4, 0.5) is 0 Å². The maximum absolute atomic E-state index is 11.7. The zero-order chi connectivity index (χ0) is 13.1. The van der Waals surface area contributed by atoms with Crippen molar-refractivity contribution < 1.29 is 19.7 Å². The van der Waals surface area contributed by atoms with E-state index in [1.54, 1.807) is 0 Å². The Labute approximate surface area is 105 Å². The summed E-state index contributed by atoms with van der Waals surface area (Å²) in [5.74, 6) is 0. The zero-order valence-electron chi connectivity index (χ0n) is 9.55. The van der Waals surface area contributed by atoms with Crippen LogP contribution in [0.2, 0.25) is 0 Å². The minimum Gasteiger partial charge on any atom is -0.453 e. The number of H-pyrrole nitrogens is 1. The third kappa shape index (κ3) is 1.26. The highest BCUT2D eigenvalue weighted by Gasteiger charge is 2.51. The van der Waals surface area contributed by atoms with Crippen molar-refractivity contribution in [3.63, 3.8) is 0 Å². The minimum atomic E-state index is -0.982. The van der Waals surface area contributed by atoms with Gasteiger partial charge in [-0.05, 0) is 0 Å². The highest BCUT2D eigenvalue weighted by Crippen LogP contribution is 2.40. The lowest BCUT2D eigenvalue weighted by molar-refractivity contribution is -0.0422. The van der Waals surface area contributed by atoms with Crippen molar-refractivity contribution in [2.24, 2.45) is 0 Å². The van der Waals surface area contributed by atoms with Crippen molar-refractivity contribution in [1.29, 1.82) is 0 Å². The van der Waals surface area contributed by atoms with Gasteiger partial charge >= 0.3 is 6.01 Å². The Balaban J connectivity index is 1.92. The van der Waals surface area contributed by atoms with Gasteiger partial charge in [-0.1, -0.05) is 0 Å². The Hall–Kier alpha value is -1.97. The van der Waals surface area contributed by atoms with Crippen LogP contribution in [0.1, 0.15) is 6.23 Å². The standard InChI is InChI=1S/C10H10N4O5/c15-2-4-5(16)6-9(18-4)14-7-3(1-11-13-7)8(17)12-10(14)19-6/h1,4-6,9,15-16H,2H2,(H,11,13)/t4-,5-,6+,9-/m1/s1. The van der Waals surface area contributed by atoms with Gasteiger partial charge in [0, 0.05) is 0 Å². The van der Waals surface area contributed by atoms with Gasteiger partial charge in [-0.25, -0.2) is 4.57 Å². The van der Waals surface area contributed by atoms with Crippen LogP contribution in [-0.4, -0.2) is 54.9 Å². The molecular formula is C10H10N4O5. The minimum absolute atomic E-state index is 0.0761. The molecule has 4 rings (SSSR count). The summed E-state index contributed by atoms with van der Waals surface area (Å²) in [7, 11) is 0. The van der Waals surface area contributed by atoms with E-state index in [1.165, 1.54) is 10.8 Å². The summed E-state index contributed by atoms with van der Waals surface area (Å²) >= 11 is 0. The largest absolute Gasteiger partial charge is 0.453 e. The van der Waals surface area contributed by atoms with Crippen LogP contribution < -0.4 is 10.3 Å². The summed E-state index contributed by atoms with van der Waals surface area (Å²) in [5, 5.41) is 25.9. The number of hydrogen-bond acceptors (Lipinski definition) is 7. The summed E-state index contributed by atoms with van der Waals surface area (Å²) in [5.41, 5.74) is -0.0311. The number of rotatable bonds is 1. The number of aliphatic hydroxyl groups is 2. The van der Waals surface area contributed by atoms with Crippen molar-refractivity contribution in [2.45, 2.75) is 24.5 Å². The molecule has 9 nitrogen and oxygen atoms in total. The van der Waals surface area contributed by atoms with Gasteiger partial charge in [0.15, 0.2) is 12.3 Å². The van der Waals surface area contributed by atoms with Crippen molar-refractivity contribution >= 4 is 11.0 Å². The lowest BCUT2D eigenvalue weighted by atomic mass is 10.1. The first-order valence-corrected chi connectivity index (χ1v) is 5.77. The molecule has 2 aromatic rings. The Morgan fingerprint density at radius 2 is 2.37 bits per heavy atom. The summed E-state index contributed by atoms with van der Waals surface area (Å²) in [4.78, 5) is 15.5. The lowest BCUT2D eigenvalue weighted by Crippen LogP contribution is -2.34. The molecule has 1 fully saturated rings. The number of aliphatic hydroxyl groups excluding tert-OH is 2. The van der Waals surface area contributed by atoms with E-state index in [0.717, 1.165) is 0 Å². The topological polar surface area (TPSA) is 122 Å². The molecule has 2 aromatic heterocycles. The second-order valence-corrected chi connectivity index (χ2v) is 4.52. The van der Waals surface area contributed by atoms with E-state index in [1.807, 2.05) is 0 Å². The highest BCUT2D eigenvalue weighted by molar-refractivity contribution is 5.73. The van der Waals surface area contributed by atoms with E-state index in [2.05, 4.69) is 15.2 Å². The Morgan fingerprint density at radius 3 is 3.16 bits per heavy atom. The Kier molecular flexibility index (Phi) is 2.03. The zero-order valence-corrected chi connectivity index (χ0v) is 9.55. The maximum Gasteiger partial charge on any atom is 0.304 e. The summed E-state index contributed by atoms with van der Waals surface area (Å²) < 4.78 is 12.5. The van der Waals surface area contributed by atoms with Crippen molar-refractivity contribution in [2.75, 3.05) is 6.61 Å². The average Bonchev–Trinajstić information content (AvgIpc) is 3.04. The van der Waals surface area contributed by atoms with Gasteiger partial charge in [-0.2, -0.15) is 10.1 Å². The Bertz CT molecular complexity index is 709. The Morgan fingerprint density at radius 1 is 1.53 bits per heavy atom. The quantitative estimate of drug-likeness (QED) is 0.552. The molecular weight excluding hydrogens is 256 g/mol. The van der Waals surface area contributed by atoms with Crippen LogP contribution in [0, 0.1) is 0 Å². The second-order valence-electron chi connectivity index (χ2n) is 4.52. The number of ether oxygens (including phenoxy) is 2. The van der Waals surface area contributed by atoms with Gasteiger partial charge in [-0.3, -0.25) is 9.89 Å². The molecule has 1 saturated heterocycles. The van der Waals surface area contributed by atoms with E-state index in [-0.39, 0.29) is 12.6 Å². The van der Waals surface area contributed by atoms with Crippen LogP contribution in [-0.2, 0) is 4.74 Å². The van der Waals surface area contributed by atoms with E-state index in [0.29, 0.717) is 11.0 Å². The maximum atomic E-state index is 11.7. The molecule has 100 valence electrons. The first-order valence-electron chi connectivity index (χ1n) is 5.77. The molecule has 9 heteroatoms. The van der Waals surface area contributed by atoms with Crippen LogP contribution in [0.15, 0.2) is 11.0 Å². The molecule has 2 aliphatic rings. The summed E-state index contributed by atoms with van der Waals surface area (Å²) in [6.45, 7) is -0.313. The number of hydrogen-bond donors (Lipinski definition) is 3. The molecule has 0 aliphatic carbocycles. The molecule has 0 aromatic carbocycles. The van der Waals surface area contributed by atoms with Gasteiger partial charge in [0.05, 0.1) is 12.8 Å². The molecule has 4 atom stereocenters. The number of aromatic amines is 1. The molecule has 4 heterocycles. The molecule has 0 radical (unpaired) electrons. The van der Waals surface area contributed by atoms with Crippen LogP contribution in [0.5, 0.6) is 6.01 Å². The molecule has 19 heavy (non-hydrogen) atoms. The van der Waals surface area contributed by atoms with Gasteiger partial charge < -0.3 is 19.7 Å². The summed E-state index contributed by atoms with van der Waals surface area (Å²) in [6, 6.07) is 0.0761. The third-order valence-electron chi connectivity index (χ3n) is 3.48. The van der Waals surface area contributed by atoms with Crippen LogP contribution in [0.25, 0.3) is 11.0 Å². The normalized spacial score (nSPS) is 32.3. The SMILES string of the molecule is O=c1nc2n(c3[nH]ncc13)[C@@H]1O[C@H](CO)[C@@H](O)[C@@H]1O2. The van der Waals surface area contributed by atoms with E-state index >= 15 is 0 Å². The first-order chi connectivity index (χ1) is 9.20. The van der Waals surface area contributed by atoms with Gasteiger partial charge in [0.25, 0.3) is 5.56 Å². The lowest BCUT2D eigenvalue weighted by Gasteiger charge is -2.14. The predicted octanol–water partition coefficient (Wildman–Crippen LogP) is -1.87. The van der Waals surface area contributed by atoms with Crippen LogP contribution in [0.3, 0.4) is 0 Å². The third-order valence-corrected chi connectivity index (χ3v) is 3.48. The smallest absolute Gasteiger partial charge is 0.304 e. The summed E-state index contributed by atoms with van der Waals surface area (Å²) in [6.07, 6.45) is -1.67. The molecule has 0 bridgehead atoms. The van der Waals surface area contributed by atoms with Gasteiger partial charge in [-0.15, -0.1) is 0 Å².